The summed E-state index contributed by atoms with van der Waals surface area (Å²) in [7, 11) is 1.94. The summed E-state index contributed by atoms with van der Waals surface area (Å²) >= 11 is 5.91. The predicted octanol–water partition coefficient (Wildman–Crippen LogP) is 3.46. The van der Waals surface area contributed by atoms with Crippen LogP contribution in [-0.2, 0) is 13.6 Å². The van der Waals surface area contributed by atoms with Crippen LogP contribution in [-0.4, -0.2) is 31.4 Å². The maximum atomic E-state index is 5.91. The van der Waals surface area contributed by atoms with Crippen molar-refractivity contribution in [3.63, 3.8) is 0 Å². The van der Waals surface area contributed by atoms with Gasteiger partial charge in [0.2, 0.25) is 11.8 Å². The van der Waals surface area contributed by atoms with Gasteiger partial charge in [-0.1, -0.05) is 11.6 Å². The van der Waals surface area contributed by atoms with Crippen LogP contribution >= 0.6 is 11.6 Å². The first kappa shape index (κ1) is 15.4. The van der Waals surface area contributed by atoms with E-state index in [0.717, 1.165) is 24.9 Å². The molecule has 1 saturated heterocycles. The van der Waals surface area contributed by atoms with E-state index in [1.54, 1.807) is 0 Å². The Labute approximate surface area is 145 Å². The SMILES string of the molecule is Cn1cc([C@@H]2CCCN2Cc2nnc(-c3ccc(Cl)cc3)o2)cn1. The van der Waals surface area contributed by atoms with Crippen molar-refractivity contribution >= 4 is 11.6 Å². The lowest BCUT2D eigenvalue weighted by molar-refractivity contribution is 0.224. The molecule has 4 rings (SSSR count). The number of halogens is 1. The summed E-state index contributed by atoms with van der Waals surface area (Å²) in [5.41, 5.74) is 2.12. The molecule has 0 N–H and O–H groups in total. The minimum absolute atomic E-state index is 0.365. The summed E-state index contributed by atoms with van der Waals surface area (Å²) in [6.45, 7) is 1.68. The monoisotopic (exact) mass is 343 g/mol. The fourth-order valence-electron chi connectivity index (χ4n) is 3.21. The molecule has 1 atom stereocenters. The minimum atomic E-state index is 0.365. The molecular weight excluding hydrogens is 326 g/mol. The predicted molar refractivity (Wildman–Crippen MR) is 90.3 cm³/mol. The molecule has 3 heterocycles. The number of hydrogen-bond acceptors (Lipinski definition) is 5. The molecule has 7 heteroatoms. The zero-order valence-corrected chi connectivity index (χ0v) is 14.1. The largest absolute Gasteiger partial charge is 0.419 e. The Bertz CT molecular complexity index is 826. The van der Waals surface area contributed by atoms with Gasteiger partial charge in [-0.2, -0.15) is 5.10 Å². The molecule has 1 aromatic carbocycles. The van der Waals surface area contributed by atoms with Crippen molar-refractivity contribution < 1.29 is 4.42 Å². The average molecular weight is 344 g/mol. The third-order valence-electron chi connectivity index (χ3n) is 4.37. The minimum Gasteiger partial charge on any atom is -0.419 e. The molecule has 0 saturated carbocycles. The lowest BCUT2D eigenvalue weighted by Gasteiger charge is -2.21. The topological polar surface area (TPSA) is 60.0 Å². The quantitative estimate of drug-likeness (QED) is 0.726. The van der Waals surface area contributed by atoms with Crippen molar-refractivity contribution in [2.75, 3.05) is 6.54 Å². The van der Waals surface area contributed by atoms with Crippen LogP contribution in [0.1, 0.15) is 30.3 Å². The first-order chi connectivity index (χ1) is 11.7. The second kappa shape index (κ2) is 6.37. The van der Waals surface area contributed by atoms with Crippen LogP contribution in [0, 0.1) is 0 Å². The van der Waals surface area contributed by atoms with E-state index in [9.17, 15) is 0 Å². The Morgan fingerprint density at radius 1 is 1.25 bits per heavy atom. The zero-order valence-electron chi connectivity index (χ0n) is 13.4. The summed E-state index contributed by atoms with van der Waals surface area (Å²) in [5, 5.41) is 13.3. The molecule has 6 nitrogen and oxygen atoms in total. The van der Waals surface area contributed by atoms with Crippen molar-refractivity contribution in [3.05, 3.63) is 53.1 Å². The third kappa shape index (κ3) is 3.07. The van der Waals surface area contributed by atoms with Crippen molar-refractivity contribution in [1.82, 2.24) is 24.9 Å². The summed E-state index contributed by atoms with van der Waals surface area (Å²) in [6.07, 6.45) is 6.31. The van der Waals surface area contributed by atoms with Gasteiger partial charge in [-0.3, -0.25) is 9.58 Å². The number of likely N-dealkylation sites (tertiary alicyclic amines) is 1. The van der Waals surface area contributed by atoms with E-state index < -0.39 is 0 Å². The standard InChI is InChI=1S/C17H18ClN5O/c1-22-10-13(9-19-22)15-3-2-8-23(15)11-16-20-21-17(24-16)12-4-6-14(18)7-5-12/h4-7,9-10,15H,2-3,8,11H2,1H3/t15-/m0/s1. The number of aryl methyl sites for hydroxylation is 1. The Morgan fingerprint density at radius 3 is 2.83 bits per heavy atom. The maximum absolute atomic E-state index is 5.91. The average Bonchev–Trinajstić information content (AvgIpc) is 3.30. The van der Waals surface area contributed by atoms with Gasteiger partial charge in [0.15, 0.2) is 0 Å². The third-order valence-corrected chi connectivity index (χ3v) is 4.62. The van der Waals surface area contributed by atoms with E-state index >= 15 is 0 Å². The Kier molecular flexibility index (Phi) is 4.08. The van der Waals surface area contributed by atoms with E-state index in [4.69, 9.17) is 16.0 Å². The molecule has 3 aromatic rings. The molecule has 0 spiro atoms. The Balaban J connectivity index is 1.50. The molecule has 1 fully saturated rings. The smallest absolute Gasteiger partial charge is 0.247 e. The van der Waals surface area contributed by atoms with Crippen LogP contribution in [0.2, 0.25) is 5.02 Å². The van der Waals surface area contributed by atoms with Crippen molar-refractivity contribution in [2.24, 2.45) is 7.05 Å². The van der Waals surface area contributed by atoms with Crippen molar-refractivity contribution in [3.8, 4) is 11.5 Å². The molecule has 0 amide bonds. The van der Waals surface area contributed by atoms with Gasteiger partial charge in [0, 0.05) is 35.4 Å². The fraction of sp³-hybridized carbons (Fsp3) is 0.353. The molecule has 2 aromatic heterocycles. The molecule has 0 aliphatic carbocycles. The number of benzene rings is 1. The lowest BCUT2D eigenvalue weighted by atomic mass is 10.1. The van der Waals surface area contributed by atoms with Crippen LogP contribution < -0.4 is 0 Å². The highest BCUT2D eigenvalue weighted by Crippen LogP contribution is 2.33. The highest BCUT2D eigenvalue weighted by molar-refractivity contribution is 6.30. The van der Waals surface area contributed by atoms with E-state index in [1.165, 1.54) is 5.56 Å². The number of nitrogens with zero attached hydrogens (tertiary/aromatic N) is 5. The fourth-order valence-corrected chi connectivity index (χ4v) is 3.33. The normalized spacial score (nSPS) is 18.3. The Hall–Kier alpha value is -2.18. The van der Waals surface area contributed by atoms with E-state index in [2.05, 4.69) is 26.4 Å². The van der Waals surface area contributed by atoms with Gasteiger partial charge < -0.3 is 4.42 Å². The van der Waals surface area contributed by atoms with Crippen LogP contribution in [0.5, 0.6) is 0 Å². The highest BCUT2D eigenvalue weighted by Gasteiger charge is 2.28. The number of hydrogen-bond donors (Lipinski definition) is 0. The van der Waals surface area contributed by atoms with Gasteiger partial charge in [-0.25, -0.2) is 0 Å². The molecule has 124 valence electrons. The van der Waals surface area contributed by atoms with E-state index in [0.29, 0.717) is 29.4 Å². The molecule has 1 aliphatic rings. The number of rotatable bonds is 4. The summed E-state index contributed by atoms with van der Waals surface area (Å²) in [4.78, 5) is 2.37. The molecule has 24 heavy (non-hydrogen) atoms. The second-order valence-electron chi connectivity index (χ2n) is 6.08. The first-order valence-electron chi connectivity index (χ1n) is 8.00. The Morgan fingerprint density at radius 2 is 2.08 bits per heavy atom. The van der Waals surface area contributed by atoms with Crippen molar-refractivity contribution in [1.29, 1.82) is 0 Å². The zero-order chi connectivity index (χ0) is 16.5. The van der Waals surface area contributed by atoms with E-state index in [1.807, 2.05) is 42.2 Å². The van der Waals surface area contributed by atoms with Gasteiger partial charge in [0.05, 0.1) is 12.7 Å². The highest BCUT2D eigenvalue weighted by atomic mass is 35.5. The van der Waals surface area contributed by atoms with Crippen LogP contribution in [0.25, 0.3) is 11.5 Å². The molecule has 0 unspecified atom stereocenters. The molecule has 0 bridgehead atoms. The van der Waals surface area contributed by atoms with Gasteiger partial charge in [-0.15, -0.1) is 10.2 Å². The second-order valence-corrected chi connectivity index (χ2v) is 6.52. The summed E-state index contributed by atoms with van der Waals surface area (Å²) < 4.78 is 7.68. The van der Waals surface area contributed by atoms with Crippen LogP contribution in [0.3, 0.4) is 0 Å². The molecule has 1 aliphatic heterocycles. The van der Waals surface area contributed by atoms with Crippen LogP contribution in [0.15, 0.2) is 41.1 Å². The van der Waals surface area contributed by atoms with Gasteiger partial charge in [-0.05, 0) is 43.7 Å². The van der Waals surface area contributed by atoms with Crippen LogP contribution in [0.4, 0.5) is 0 Å². The first-order valence-corrected chi connectivity index (χ1v) is 8.38. The maximum Gasteiger partial charge on any atom is 0.247 e. The lowest BCUT2D eigenvalue weighted by Crippen LogP contribution is -2.22. The van der Waals surface area contributed by atoms with E-state index in [-0.39, 0.29) is 0 Å². The van der Waals surface area contributed by atoms with Gasteiger partial charge >= 0.3 is 0 Å². The van der Waals surface area contributed by atoms with Gasteiger partial charge in [0.1, 0.15) is 0 Å². The molecular formula is C17H18ClN5O. The van der Waals surface area contributed by atoms with Crippen molar-refractivity contribution in [2.45, 2.75) is 25.4 Å². The summed E-state index contributed by atoms with van der Waals surface area (Å²) in [6, 6.07) is 7.77. The van der Waals surface area contributed by atoms with Gasteiger partial charge in [0.25, 0.3) is 0 Å². The number of aromatic nitrogens is 4. The summed E-state index contributed by atoms with van der Waals surface area (Å²) in [5.74, 6) is 1.16. The molecule has 0 radical (unpaired) electrons.